The van der Waals surface area contributed by atoms with E-state index >= 15 is 0 Å². The molecule has 1 heterocycles. The number of hydrogen-bond acceptors (Lipinski definition) is 4. The summed E-state index contributed by atoms with van der Waals surface area (Å²) in [5.74, 6) is 0.801. The van der Waals surface area contributed by atoms with Gasteiger partial charge in [-0.3, -0.25) is 9.88 Å². The van der Waals surface area contributed by atoms with Crippen LogP contribution in [0.3, 0.4) is 0 Å². The highest BCUT2D eigenvalue weighted by atomic mass is 16.5. The number of likely N-dealkylation sites (N-methyl/N-ethyl adjacent to an activating group) is 1. The van der Waals surface area contributed by atoms with E-state index in [1.807, 2.05) is 43.4 Å². The Balaban J connectivity index is 2.01. The van der Waals surface area contributed by atoms with E-state index in [4.69, 9.17) is 4.74 Å². The van der Waals surface area contributed by atoms with E-state index in [1.165, 1.54) is 5.56 Å². The molecule has 21 heavy (non-hydrogen) atoms. The third-order valence-electron chi connectivity index (χ3n) is 3.50. The number of ether oxygens (including phenoxy) is 1. The van der Waals surface area contributed by atoms with Gasteiger partial charge in [-0.05, 0) is 48.9 Å². The van der Waals surface area contributed by atoms with Gasteiger partial charge in [0.2, 0.25) is 0 Å². The highest BCUT2D eigenvalue weighted by Gasteiger charge is 2.16. The molecule has 0 spiro atoms. The molecule has 4 heteroatoms. The van der Waals surface area contributed by atoms with Crippen LogP contribution in [0.1, 0.15) is 17.2 Å². The summed E-state index contributed by atoms with van der Waals surface area (Å²) < 4.78 is 5.15. The lowest BCUT2D eigenvalue weighted by atomic mass is 10.1. The molecule has 0 N–H and O–H groups in total. The largest absolute Gasteiger partial charge is 0.497 e. The third kappa shape index (κ3) is 4.04. The summed E-state index contributed by atoms with van der Waals surface area (Å²) in [6, 6.07) is 13.8. The Hall–Kier alpha value is -2.38. The molecule has 0 radical (unpaired) electrons. The molecule has 1 aromatic heterocycles. The molecule has 0 bridgehead atoms. The van der Waals surface area contributed by atoms with E-state index in [1.54, 1.807) is 19.5 Å². The lowest BCUT2D eigenvalue weighted by molar-refractivity contribution is 0.295. The third-order valence-corrected chi connectivity index (χ3v) is 3.50. The Kier molecular flexibility index (Phi) is 5.30. The summed E-state index contributed by atoms with van der Waals surface area (Å²) in [4.78, 5) is 6.07. The highest BCUT2D eigenvalue weighted by Crippen LogP contribution is 2.21. The maximum atomic E-state index is 9.44. The van der Waals surface area contributed by atoms with Crippen molar-refractivity contribution in [2.24, 2.45) is 0 Å². The SMILES string of the molecule is COc1ccc(C(C#N)N(C)CCc2ccncc2)cc1. The molecule has 2 rings (SSSR count). The van der Waals surface area contributed by atoms with Crippen molar-refractivity contribution < 1.29 is 4.74 Å². The van der Waals surface area contributed by atoms with Gasteiger partial charge in [-0.25, -0.2) is 0 Å². The van der Waals surface area contributed by atoms with Gasteiger partial charge in [0.1, 0.15) is 11.8 Å². The number of methoxy groups -OCH3 is 1. The Labute approximate surface area is 125 Å². The van der Waals surface area contributed by atoms with Crippen molar-refractivity contribution >= 4 is 0 Å². The van der Waals surface area contributed by atoms with Gasteiger partial charge >= 0.3 is 0 Å². The highest BCUT2D eigenvalue weighted by molar-refractivity contribution is 5.31. The van der Waals surface area contributed by atoms with Crippen molar-refractivity contribution in [3.05, 3.63) is 59.9 Å². The monoisotopic (exact) mass is 281 g/mol. The number of aromatic nitrogens is 1. The van der Waals surface area contributed by atoms with E-state index in [2.05, 4.69) is 16.0 Å². The van der Waals surface area contributed by atoms with E-state index in [-0.39, 0.29) is 6.04 Å². The van der Waals surface area contributed by atoms with Crippen molar-refractivity contribution in [1.82, 2.24) is 9.88 Å². The molecule has 0 saturated carbocycles. The van der Waals surface area contributed by atoms with Crippen LogP contribution in [0, 0.1) is 11.3 Å². The van der Waals surface area contributed by atoms with Crippen molar-refractivity contribution in [3.8, 4) is 11.8 Å². The molecule has 1 atom stereocenters. The summed E-state index contributed by atoms with van der Waals surface area (Å²) in [5.41, 5.74) is 2.21. The van der Waals surface area contributed by atoms with Crippen LogP contribution < -0.4 is 4.74 Å². The lowest BCUT2D eigenvalue weighted by Gasteiger charge is -2.22. The first kappa shape index (κ1) is 15.0. The first-order chi connectivity index (χ1) is 10.2. The van der Waals surface area contributed by atoms with Gasteiger partial charge in [0.25, 0.3) is 0 Å². The van der Waals surface area contributed by atoms with Crippen LogP contribution in [0.4, 0.5) is 0 Å². The first-order valence-corrected chi connectivity index (χ1v) is 6.87. The molecular formula is C17H19N3O. The molecule has 108 valence electrons. The summed E-state index contributed by atoms with van der Waals surface area (Å²) >= 11 is 0. The summed E-state index contributed by atoms with van der Waals surface area (Å²) in [7, 11) is 3.61. The summed E-state index contributed by atoms with van der Waals surface area (Å²) in [6.45, 7) is 0.814. The summed E-state index contributed by atoms with van der Waals surface area (Å²) in [6.07, 6.45) is 4.48. The molecule has 0 saturated heterocycles. The fourth-order valence-corrected chi connectivity index (χ4v) is 2.20. The quantitative estimate of drug-likeness (QED) is 0.817. The number of nitriles is 1. The fraction of sp³-hybridized carbons (Fsp3) is 0.294. The molecule has 0 amide bonds. The maximum Gasteiger partial charge on any atom is 0.123 e. The molecule has 0 aliphatic carbocycles. The van der Waals surface area contributed by atoms with Crippen LogP contribution in [0.15, 0.2) is 48.8 Å². The van der Waals surface area contributed by atoms with Gasteiger partial charge in [-0.1, -0.05) is 12.1 Å². The van der Waals surface area contributed by atoms with E-state index in [0.29, 0.717) is 0 Å². The Morgan fingerprint density at radius 1 is 1.19 bits per heavy atom. The molecular weight excluding hydrogens is 262 g/mol. The van der Waals surface area contributed by atoms with Crippen molar-refractivity contribution in [3.63, 3.8) is 0 Å². The predicted molar refractivity (Wildman–Crippen MR) is 81.9 cm³/mol. The van der Waals surface area contributed by atoms with Crippen LogP contribution in [0.2, 0.25) is 0 Å². The molecule has 0 aliphatic heterocycles. The standard InChI is InChI=1S/C17H19N3O/c1-20(12-9-14-7-10-19-11-8-14)17(13-18)15-3-5-16(21-2)6-4-15/h3-8,10-11,17H,9,12H2,1-2H3. The number of hydrogen-bond donors (Lipinski definition) is 0. The normalized spacial score (nSPS) is 11.9. The van der Waals surface area contributed by atoms with Crippen molar-refractivity contribution in [1.29, 1.82) is 5.26 Å². The van der Waals surface area contributed by atoms with Gasteiger partial charge in [0.05, 0.1) is 13.2 Å². The van der Waals surface area contributed by atoms with Crippen LogP contribution in [0.5, 0.6) is 5.75 Å². The topological polar surface area (TPSA) is 49.1 Å². The van der Waals surface area contributed by atoms with E-state index in [0.717, 1.165) is 24.3 Å². The maximum absolute atomic E-state index is 9.44. The van der Waals surface area contributed by atoms with Crippen LogP contribution in [0.25, 0.3) is 0 Å². The molecule has 0 fully saturated rings. The van der Waals surface area contributed by atoms with Gasteiger partial charge in [-0.15, -0.1) is 0 Å². The Morgan fingerprint density at radius 3 is 2.43 bits per heavy atom. The molecule has 2 aromatic rings. The minimum Gasteiger partial charge on any atom is -0.497 e. The number of pyridine rings is 1. The molecule has 4 nitrogen and oxygen atoms in total. The lowest BCUT2D eigenvalue weighted by Crippen LogP contribution is -2.25. The van der Waals surface area contributed by atoms with Gasteiger partial charge in [-0.2, -0.15) is 5.26 Å². The second-order valence-corrected chi connectivity index (χ2v) is 4.89. The minimum absolute atomic E-state index is 0.252. The minimum atomic E-state index is -0.252. The van der Waals surface area contributed by atoms with Crippen molar-refractivity contribution in [2.45, 2.75) is 12.5 Å². The average Bonchev–Trinajstić information content (AvgIpc) is 2.55. The van der Waals surface area contributed by atoms with E-state index < -0.39 is 0 Å². The fourth-order valence-electron chi connectivity index (χ4n) is 2.20. The second-order valence-electron chi connectivity index (χ2n) is 4.89. The number of benzene rings is 1. The average molecular weight is 281 g/mol. The van der Waals surface area contributed by atoms with Gasteiger partial charge < -0.3 is 4.74 Å². The first-order valence-electron chi connectivity index (χ1n) is 6.87. The van der Waals surface area contributed by atoms with Crippen molar-refractivity contribution in [2.75, 3.05) is 20.7 Å². The molecule has 1 aromatic carbocycles. The number of rotatable bonds is 6. The zero-order valence-electron chi connectivity index (χ0n) is 12.4. The second kappa shape index (κ2) is 7.41. The van der Waals surface area contributed by atoms with Crippen LogP contribution in [-0.2, 0) is 6.42 Å². The number of nitrogens with zero attached hydrogens (tertiary/aromatic N) is 3. The van der Waals surface area contributed by atoms with E-state index in [9.17, 15) is 5.26 Å². The predicted octanol–water partition coefficient (Wildman–Crippen LogP) is 2.83. The van der Waals surface area contributed by atoms with Gasteiger partial charge in [0, 0.05) is 18.9 Å². The summed E-state index contributed by atoms with van der Waals surface area (Å²) in [5, 5.41) is 9.44. The smallest absolute Gasteiger partial charge is 0.123 e. The zero-order valence-corrected chi connectivity index (χ0v) is 12.4. The Morgan fingerprint density at radius 2 is 1.86 bits per heavy atom. The van der Waals surface area contributed by atoms with Gasteiger partial charge in [0.15, 0.2) is 0 Å². The molecule has 0 aliphatic rings. The Bertz CT molecular complexity index is 590. The van der Waals surface area contributed by atoms with Crippen LogP contribution in [-0.4, -0.2) is 30.6 Å². The zero-order chi connectivity index (χ0) is 15.1. The molecule has 1 unspecified atom stereocenters. The van der Waals surface area contributed by atoms with Crippen LogP contribution >= 0.6 is 0 Å².